The number of carbonyl (C=O) groups is 2. The van der Waals surface area contributed by atoms with Gasteiger partial charge >= 0.3 is 0 Å². The molecule has 0 spiro atoms. The lowest BCUT2D eigenvalue weighted by molar-refractivity contribution is -0.314. The van der Waals surface area contributed by atoms with Crippen LogP contribution < -0.4 is 5.11 Å². The molecule has 2 aromatic carbocycles. The van der Waals surface area contributed by atoms with Crippen LogP contribution in [-0.4, -0.2) is 29.9 Å². The Bertz CT molecular complexity index is 907. The van der Waals surface area contributed by atoms with E-state index >= 15 is 0 Å². The second-order valence-electron chi connectivity index (χ2n) is 9.61. The normalized spacial score (nSPS) is 23.9. The van der Waals surface area contributed by atoms with Crippen molar-refractivity contribution in [3.63, 3.8) is 0 Å². The molecule has 2 aromatic rings. The van der Waals surface area contributed by atoms with Crippen LogP contribution in [0.1, 0.15) is 61.8 Å². The standard InChI is InChI=1S/C26H31NO3/c1-15(2)13-27(14-16(3)4)25(28)23-21-17-9-5-7-11-19(17)22(24(23)26(29)30)20-12-8-6-10-18(20)21/h5-12,15-16,21-24H,13-14H2,1-4H3,(H,29,30)/p-1/t21?,22?,23-,24+/m0/s1. The molecule has 0 saturated heterocycles. The van der Waals surface area contributed by atoms with Gasteiger partial charge in [-0.25, -0.2) is 0 Å². The Kier molecular flexibility index (Phi) is 5.44. The van der Waals surface area contributed by atoms with Crippen LogP contribution in [0, 0.1) is 23.7 Å². The predicted octanol–water partition coefficient (Wildman–Crippen LogP) is 3.40. The Morgan fingerprint density at radius 2 is 1.13 bits per heavy atom. The molecule has 5 rings (SSSR count). The molecule has 0 fully saturated rings. The van der Waals surface area contributed by atoms with E-state index in [9.17, 15) is 14.7 Å². The quantitative estimate of drug-likeness (QED) is 0.741. The molecule has 158 valence electrons. The van der Waals surface area contributed by atoms with Gasteiger partial charge in [0, 0.05) is 36.8 Å². The first kappa shape index (κ1) is 20.6. The molecule has 0 aliphatic heterocycles. The number of hydrogen-bond donors (Lipinski definition) is 0. The van der Waals surface area contributed by atoms with E-state index < -0.39 is 17.8 Å². The first-order valence-electron chi connectivity index (χ1n) is 11.0. The summed E-state index contributed by atoms with van der Waals surface area (Å²) in [6.45, 7) is 9.63. The Hall–Kier alpha value is -2.62. The number of benzene rings is 2. The lowest BCUT2D eigenvalue weighted by atomic mass is 9.54. The average Bonchev–Trinajstić information content (AvgIpc) is 2.71. The van der Waals surface area contributed by atoms with Crippen molar-refractivity contribution in [3.8, 4) is 0 Å². The Morgan fingerprint density at radius 1 is 0.767 bits per heavy atom. The van der Waals surface area contributed by atoms with Gasteiger partial charge in [-0.3, -0.25) is 4.79 Å². The van der Waals surface area contributed by atoms with E-state index in [-0.39, 0.29) is 17.7 Å². The second-order valence-corrected chi connectivity index (χ2v) is 9.61. The van der Waals surface area contributed by atoms with Crippen molar-refractivity contribution in [1.29, 1.82) is 0 Å². The molecule has 0 saturated carbocycles. The lowest BCUT2D eigenvalue weighted by Crippen LogP contribution is -2.55. The Balaban J connectivity index is 1.87. The van der Waals surface area contributed by atoms with Gasteiger partial charge in [0.05, 0.1) is 5.92 Å². The molecule has 2 atom stereocenters. The lowest BCUT2D eigenvalue weighted by Gasteiger charge is -2.51. The van der Waals surface area contributed by atoms with Gasteiger partial charge in [0.2, 0.25) is 5.91 Å². The van der Waals surface area contributed by atoms with E-state index in [1.807, 2.05) is 41.3 Å². The minimum atomic E-state index is -1.12. The van der Waals surface area contributed by atoms with Crippen LogP contribution in [0.25, 0.3) is 0 Å². The number of aliphatic carboxylic acids is 1. The molecule has 4 nitrogen and oxygen atoms in total. The number of carboxylic acid groups (broad SMARTS) is 1. The smallest absolute Gasteiger partial charge is 0.227 e. The van der Waals surface area contributed by atoms with Crippen LogP contribution in [0.4, 0.5) is 0 Å². The van der Waals surface area contributed by atoms with Crippen LogP contribution in [0.15, 0.2) is 48.5 Å². The van der Waals surface area contributed by atoms with Gasteiger partial charge in [-0.2, -0.15) is 0 Å². The summed E-state index contributed by atoms with van der Waals surface area (Å²) in [7, 11) is 0. The first-order valence-corrected chi connectivity index (χ1v) is 11.0. The van der Waals surface area contributed by atoms with Crippen LogP contribution in [0.5, 0.6) is 0 Å². The number of rotatable bonds is 6. The third kappa shape index (κ3) is 3.32. The Labute approximate surface area is 178 Å². The fourth-order valence-corrected chi connectivity index (χ4v) is 5.60. The van der Waals surface area contributed by atoms with Gasteiger partial charge in [0.15, 0.2) is 0 Å². The summed E-state index contributed by atoms with van der Waals surface area (Å²) in [5.41, 5.74) is 4.23. The van der Waals surface area contributed by atoms with Gasteiger partial charge in [0.1, 0.15) is 0 Å². The van der Waals surface area contributed by atoms with E-state index in [2.05, 4.69) is 39.8 Å². The number of hydrogen-bond acceptors (Lipinski definition) is 3. The SMILES string of the molecule is CC(C)CN(CC(C)C)C(=O)[C@H]1C2c3ccccc3C(c3ccccc32)[C@H]1C(=O)[O-]. The topological polar surface area (TPSA) is 60.4 Å². The van der Waals surface area contributed by atoms with Crippen LogP contribution in [0.3, 0.4) is 0 Å². The molecule has 0 heterocycles. The highest BCUT2D eigenvalue weighted by Gasteiger charge is 2.53. The third-order valence-electron chi connectivity index (χ3n) is 6.48. The molecule has 3 aliphatic carbocycles. The summed E-state index contributed by atoms with van der Waals surface area (Å²) in [6.07, 6.45) is 0. The summed E-state index contributed by atoms with van der Waals surface area (Å²) in [4.78, 5) is 28.3. The summed E-state index contributed by atoms with van der Waals surface area (Å²) in [5, 5.41) is 12.5. The number of amides is 1. The Morgan fingerprint density at radius 3 is 1.47 bits per heavy atom. The zero-order valence-electron chi connectivity index (χ0n) is 18.2. The summed E-state index contributed by atoms with van der Waals surface area (Å²) < 4.78 is 0. The van der Waals surface area contributed by atoms with Crippen molar-refractivity contribution in [3.05, 3.63) is 70.8 Å². The summed E-state index contributed by atoms with van der Waals surface area (Å²) in [5.74, 6) is -2.63. The van der Waals surface area contributed by atoms with Crippen molar-refractivity contribution >= 4 is 11.9 Å². The fourth-order valence-electron chi connectivity index (χ4n) is 5.60. The summed E-state index contributed by atoms with van der Waals surface area (Å²) >= 11 is 0. The van der Waals surface area contributed by atoms with Gasteiger partial charge in [-0.05, 0) is 34.1 Å². The molecule has 30 heavy (non-hydrogen) atoms. The number of carbonyl (C=O) groups excluding carboxylic acids is 2. The molecule has 4 heteroatoms. The maximum Gasteiger partial charge on any atom is 0.227 e. The molecule has 0 radical (unpaired) electrons. The molecule has 0 unspecified atom stereocenters. The van der Waals surface area contributed by atoms with Crippen LogP contribution in [-0.2, 0) is 9.59 Å². The van der Waals surface area contributed by atoms with Gasteiger partial charge < -0.3 is 14.8 Å². The maximum atomic E-state index is 13.9. The van der Waals surface area contributed by atoms with Crippen molar-refractivity contribution in [2.75, 3.05) is 13.1 Å². The van der Waals surface area contributed by atoms with E-state index in [1.165, 1.54) is 0 Å². The van der Waals surface area contributed by atoms with E-state index in [0.29, 0.717) is 24.9 Å². The van der Waals surface area contributed by atoms with Crippen molar-refractivity contribution < 1.29 is 14.7 Å². The van der Waals surface area contributed by atoms with Crippen molar-refractivity contribution in [2.45, 2.75) is 39.5 Å². The summed E-state index contributed by atoms with van der Waals surface area (Å²) in [6, 6.07) is 16.0. The number of nitrogens with zero attached hydrogens (tertiary/aromatic N) is 1. The zero-order valence-corrected chi connectivity index (χ0v) is 18.2. The molecule has 0 N–H and O–H groups in total. The van der Waals surface area contributed by atoms with E-state index in [4.69, 9.17) is 0 Å². The van der Waals surface area contributed by atoms with E-state index in [0.717, 1.165) is 22.3 Å². The highest BCUT2D eigenvalue weighted by molar-refractivity contribution is 5.89. The number of carboxylic acids is 1. The van der Waals surface area contributed by atoms with Crippen molar-refractivity contribution in [1.82, 2.24) is 4.90 Å². The minimum absolute atomic E-state index is 0.0504. The highest BCUT2D eigenvalue weighted by Crippen LogP contribution is 2.58. The van der Waals surface area contributed by atoms with E-state index in [1.54, 1.807) is 0 Å². The molecular weight excluding hydrogens is 374 g/mol. The highest BCUT2D eigenvalue weighted by atomic mass is 16.4. The van der Waals surface area contributed by atoms with Gasteiger partial charge in [-0.15, -0.1) is 0 Å². The first-order chi connectivity index (χ1) is 14.3. The molecular formula is C26H30NO3-. The second kappa shape index (κ2) is 7.90. The maximum absolute atomic E-state index is 13.9. The zero-order chi connectivity index (χ0) is 21.6. The molecule has 2 bridgehead atoms. The average molecular weight is 405 g/mol. The third-order valence-corrected chi connectivity index (χ3v) is 6.48. The monoisotopic (exact) mass is 404 g/mol. The van der Waals surface area contributed by atoms with Gasteiger partial charge in [-0.1, -0.05) is 76.2 Å². The fraction of sp³-hybridized carbons (Fsp3) is 0.462. The molecule has 3 aliphatic rings. The van der Waals surface area contributed by atoms with Crippen LogP contribution in [0.2, 0.25) is 0 Å². The molecule has 0 aromatic heterocycles. The minimum Gasteiger partial charge on any atom is -0.550 e. The predicted molar refractivity (Wildman–Crippen MR) is 115 cm³/mol. The molecule has 1 amide bonds. The van der Waals surface area contributed by atoms with Crippen LogP contribution >= 0.6 is 0 Å². The van der Waals surface area contributed by atoms with Crippen molar-refractivity contribution in [2.24, 2.45) is 23.7 Å². The largest absolute Gasteiger partial charge is 0.550 e. The van der Waals surface area contributed by atoms with Gasteiger partial charge in [0.25, 0.3) is 0 Å². The number of fused-ring (bicyclic) bond motifs is 1.